The first-order chi connectivity index (χ1) is 13.9. The summed E-state index contributed by atoms with van der Waals surface area (Å²) >= 11 is 0. The Morgan fingerprint density at radius 2 is 2.03 bits per heavy atom. The van der Waals surface area contributed by atoms with Gasteiger partial charge in [-0.1, -0.05) is 32.9 Å². The smallest absolute Gasteiger partial charge is 0.305 e. The predicted octanol–water partition coefficient (Wildman–Crippen LogP) is 2.42. The van der Waals surface area contributed by atoms with Gasteiger partial charge in [0.2, 0.25) is 0 Å². The van der Waals surface area contributed by atoms with Crippen molar-refractivity contribution in [3.63, 3.8) is 0 Å². The number of carbonyl (C=O) groups excluding carboxylic acids is 1. The van der Waals surface area contributed by atoms with Crippen molar-refractivity contribution >= 4 is 5.97 Å². The number of aliphatic hydroxyl groups excluding tert-OH is 1. The number of benzene rings is 1. The van der Waals surface area contributed by atoms with E-state index in [-0.39, 0.29) is 18.4 Å². The maximum atomic E-state index is 13.5. The number of aliphatic hydroxyl groups is 1. The second kappa shape index (κ2) is 11.7. The van der Waals surface area contributed by atoms with Gasteiger partial charge in [-0.2, -0.15) is 0 Å². The lowest BCUT2D eigenvalue weighted by Gasteiger charge is -2.24. The Kier molecular flexibility index (Phi) is 9.35. The fourth-order valence-electron chi connectivity index (χ4n) is 3.51. The van der Waals surface area contributed by atoms with Gasteiger partial charge in [-0.25, -0.2) is 4.39 Å². The number of nitrogens with zero attached hydrogens (tertiary/aromatic N) is 1. The summed E-state index contributed by atoms with van der Waals surface area (Å²) in [6, 6.07) is 10.7. The van der Waals surface area contributed by atoms with Crippen LogP contribution >= 0.6 is 0 Å². The second-order valence-corrected chi connectivity index (χ2v) is 8.07. The van der Waals surface area contributed by atoms with Crippen molar-refractivity contribution in [3.8, 4) is 0 Å². The molecule has 2 rings (SSSR count). The first-order valence-corrected chi connectivity index (χ1v) is 10.4. The van der Waals surface area contributed by atoms with E-state index in [0.717, 1.165) is 30.8 Å². The van der Waals surface area contributed by atoms with Crippen LogP contribution in [0.15, 0.2) is 42.6 Å². The third kappa shape index (κ3) is 8.38. The number of aromatic nitrogens is 1. The highest BCUT2D eigenvalue weighted by Crippen LogP contribution is 2.09. The van der Waals surface area contributed by atoms with Crippen LogP contribution in [0.2, 0.25) is 0 Å². The van der Waals surface area contributed by atoms with Gasteiger partial charge >= 0.3 is 5.97 Å². The lowest BCUT2D eigenvalue weighted by atomic mass is 10.2. The van der Waals surface area contributed by atoms with Crippen LogP contribution < -0.4 is 4.90 Å². The van der Waals surface area contributed by atoms with Gasteiger partial charge in [0.25, 0.3) is 0 Å². The van der Waals surface area contributed by atoms with Gasteiger partial charge < -0.3 is 19.3 Å². The van der Waals surface area contributed by atoms with E-state index in [9.17, 15) is 14.3 Å². The molecule has 1 unspecified atom stereocenters. The normalized spacial score (nSPS) is 13.4. The highest BCUT2D eigenvalue weighted by atomic mass is 19.1. The Morgan fingerprint density at radius 3 is 2.72 bits per heavy atom. The number of hydrogen-bond donors (Lipinski definition) is 2. The number of carbonyl (C=O) groups is 1. The quantitative estimate of drug-likeness (QED) is 0.533. The molecule has 2 atom stereocenters. The van der Waals surface area contributed by atoms with Crippen molar-refractivity contribution in [2.24, 2.45) is 5.92 Å². The molecule has 0 radical (unpaired) electrons. The van der Waals surface area contributed by atoms with E-state index in [1.807, 2.05) is 25.3 Å². The number of quaternary nitrogens is 1. The minimum atomic E-state index is -0.698. The molecule has 0 aliphatic heterocycles. The molecule has 29 heavy (non-hydrogen) atoms. The maximum absolute atomic E-state index is 13.5. The van der Waals surface area contributed by atoms with E-state index in [1.165, 1.54) is 11.0 Å². The zero-order valence-corrected chi connectivity index (χ0v) is 17.7. The van der Waals surface area contributed by atoms with Gasteiger partial charge in [-0.15, -0.1) is 0 Å². The van der Waals surface area contributed by atoms with E-state index in [2.05, 4.69) is 24.5 Å². The third-order valence-electron chi connectivity index (χ3n) is 4.71. The summed E-state index contributed by atoms with van der Waals surface area (Å²) in [5, 5.41) is 10.4. The van der Waals surface area contributed by atoms with E-state index in [4.69, 9.17) is 4.74 Å². The van der Waals surface area contributed by atoms with Gasteiger partial charge in [0, 0.05) is 25.1 Å². The van der Waals surface area contributed by atoms with Gasteiger partial charge in [-0.3, -0.25) is 4.79 Å². The Hall–Kier alpha value is -2.18. The van der Waals surface area contributed by atoms with Crippen LogP contribution in [0.25, 0.3) is 0 Å². The molecule has 6 heteroatoms. The highest BCUT2D eigenvalue weighted by molar-refractivity contribution is 5.69. The first kappa shape index (κ1) is 23.1. The second-order valence-electron chi connectivity index (χ2n) is 8.07. The Morgan fingerprint density at radius 1 is 1.24 bits per heavy atom. The van der Waals surface area contributed by atoms with Crippen molar-refractivity contribution < 1.29 is 23.9 Å². The number of ether oxygens (including phenoxy) is 1. The van der Waals surface area contributed by atoms with Crippen molar-refractivity contribution in [2.45, 2.75) is 52.8 Å². The molecule has 1 aromatic heterocycles. The summed E-state index contributed by atoms with van der Waals surface area (Å²) in [4.78, 5) is 12.8. The van der Waals surface area contributed by atoms with Crippen LogP contribution in [0.1, 0.15) is 44.9 Å². The molecule has 0 aliphatic carbocycles. The fraction of sp³-hybridized carbons (Fsp3) is 0.522. The van der Waals surface area contributed by atoms with Crippen molar-refractivity contribution in [2.75, 3.05) is 19.7 Å². The number of hydrogen-bond acceptors (Lipinski definition) is 3. The van der Waals surface area contributed by atoms with Crippen LogP contribution in [0.5, 0.6) is 0 Å². The number of rotatable bonds is 12. The van der Waals surface area contributed by atoms with Crippen molar-refractivity contribution in [3.05, 3.63) is 59.7 Å². The number of esters is 1. The van der Waals surface area contributed by atoms with Crippen LogP contribution in [-0.2, 0) is 22.6 Å². The minimum absolute atomic E-state index is 0.0325. The first-order valence-electron chi connectivity index (χ1n) is 10.4. The number of halogens is 1. The van der Waals surface area contributed by atoms with Crippen LogP contribution in [0.4, 0.5) is 4.39 Å². The van der Waals surface area contributed by atoms with Crippen molar-refractivity contribution in [1.82, 2.24) is 4.57 Å². The molecule has 0 saturated heterocycles. The molecular weight excluding hydrogens is 371 g/mol. The topological polar surface area (TPSA) is 55.9 Å². The monoisotopic (exact) mass is 405 g/mol. The van der Waals surface area contributed by atoms with Gasteiger partial charge in [0.05, 0.1) is 12.2 Å². The molecule has 2 aromatic rings. The van der Waals surface area contributed by atoms with E-state index in [0.29, 0.717) is 25.4 Å². The Labute approximate surface area is 173 Å². The lowest BCUT2D eigenvalue weighted by Crippen LogP contribution is -3.12. The predicted molar refractivity (Wildman–Crippen MR) is 111 cm³/mol. The van der Waals surface area contributed by atoms with E-state index in [1.54, 1.807) is 12.1 Å². The molecule has 0 aliphatic rings. The molecule has 0 bridgehead atoms. The average Bonchev–Trinajstić information content (AvgIpc) is 3.06. The number of nitrogens with one attached hydrogen (secondary N) is 1. The van der Waals surface area contributed by atoms with Gasteiger partial charge in [0.15, 0.2) is 0 Å². The van der Waals surface area contributed by atoms with Crippen LogP contribution in [0.3, 0.4) is 0 Å². The van der Waals surface area contributed by atoms with E-state index < -0.39 is 6.10 Å². The lowest BCUT2D eigenvalue weighted by molar-refractivity contribution is -0.920. The zero-order valence-electron chi connectivity index (χ0n) is 17.7. The summed E-state index contributed by atoms with van der Waals surface area (Å²) in [5.74, 6) is -0.0311. The average molecular weight is 406 g/mol. The molecule has 0 amide bonds. The highest BCUT2D eigenvalue weighted by Gasteiger charge is 2.20. The summed E-state index contributed by atoms with van der Waals surface area (Å²) in [7, 11) is 0. The summed E-state index contributed by atoms with van der Waals surface area (Å²) in [6.45, 7) is 9.00. The molecule has 160 valence electrons. The third-order valence-corrected chi connectivity index (χ3v) is 4.71. The summed E-state index contributed by atoms with van der Waals surface area (Å²) in [5.41, 5.74) is 2.04. The summed E-state index contributed by atoms with van der Waals surface area (Å²) < 4.78 is 20.8. The molecule has 2 N–H and O–H groups in total. The fourth-order valence-corrected chi connectivity index (χ4v) is 3.51. The van der Waals surface area contributed by atoms with E-state index >= 15 is 0 Å². The minimum Gasteiger partial charge on any atom is -0.463 e. The van der Waals surface area contributed by atoms with Gasteiger partial charge in [-0.05, 0) is 36.2 Å². The molecule has 5 nitrogen and oxygen atoms in total. The molecular formula is C23H34FN2O3+. The maximum Gasteiger partial charge on any atom is 0.305 e. The van der Waals surface area contributed by atoms with Gasteiger partial charge in [0.1, 0.15) is 31.6 Å². The Bertz CT molecular complexity index is 760. The molecule has 1 aromatic carbocycles. The zero-order chi connectivity index (χ0) is 21.2. The molecule has 0 spiro atoms. The molecule has 1 heterocycles. The Balaban J connectivity index is 1.99. The molecule has 0 fully saturated rings. The molecule has 0 saturated carbocycles. The van der Waals surface area contributed by atoms with Crippen LogP contribution in [0, 0.1) is 11.7 Å². The standard InChI is InChI=1S/C23H33FN2O3/c1-4-7-23(28)29-17-22(27)16-25(13-18(2)3)15-21-10-6-11-26(21)14-19-8-5-9-20(24)12-19/h5-6,8-12,18,22,27H,4,7,13-17H2,1-3H3/p+1/t22-/m0/s1. The SMILES string of the molecule is CCCC(=O)OC[C@@H](O)C[NH+](Cc1cccn1Cc1cccc(F)c1)CC(C)C. The summed E-state index contributed by atoms with van der Waals surface area (Å²) in [6.07, 6.45) is 2.41. The largest absolute Gasteiger partial charge is 0.463 e. The van der Waals surface area contributed by atoms with Crippen molar-refractivity contribution in [1.29, 1.82) is 0 Å². The van der Waals surface area contributed by atoms with Crippen LogP contribution in [-0.4, -0.2) is 41.4 Å².